The molecule has 0 aliphatic heterocycles. The quantitative estimate of drug-likeness (QED) is 0.0793. The van der Waals surface area contributed by atoms with E-state index in [2.05, 4.69) is 30.2 Å². The summed E-state index contributed by atoms with van der Waals surface area (Å²) in [5, 5.41) is 28.8. The largest absolute Gasteiger partial charge is 0.481 e. The van der Waals surface area contributed by atoms with Gasteiger partial charge < -0.3 is 41.9 Å². The topological polar surface area (TPSA) is 251 Å². The van der Waals surface area contributed by atoms with Gasteiger partial charge in [0.2, 0.25) is 5.95 Å². The fourth-order valence-corrected chi connectivity index (χ4v) is 5.33. The van der Waals surface area contributed by atoms with E-state index in [1.165, 1.54) is 12.1 Å². The lowest BCUT2D eigenvalue weighted by atomic mass is 10.1. The van der Waals surface area contributed by atoms with Gasteiger partial charge in [-0.15, -0.1) is 23.2 Å². The molecule has 0 unspecified atom stereocenters. The number of anilines is 4. The van der Waals surface area contributed by atoms with Crippen LogP contribution in [0.5, 0.6) is 0 Å². The number of nitrogens with one attached hydrogen (secondary N) is 1. The number of nitrogens with zero attached hydrogens (tertiary/aromatic N) is 6. The molecule has 4 aromatic rings. The number of amides is 1. The lowest BCUT2D eigenvalue weighted by molar-refractivity contribution is -0.141. The molecule has 0 spiro atoms. The number of carbonyl (C=O) groups excluding carboxylic acids is 1. The Bertz CT molecular complexity index is 1810. The predicted octanol–water partition coefficient (Wildman–Crippen LogP) is 3.65. The molecule has 16 nitrogen and oxygen atoms in total. The van der Waals surface area contributed by atoms with Crippen LogP contribution in [0.4, 0.5) is 23.1 Å². The van der Waals surface area contributed by atoms with Crippen LogP contribution < -0.4 is 26.6 Å². The summed E-state index contributed by atoms with van der Waals surface area (Å²) in [5.74, 6) is -2.52. The third kappa shape index (κ3) is 13.0. The third-order valence-corrected chi connectivity index (χ3v) is 7.93. The molecular weight excluding hydrogens is 717 g/mol. The van der Waals surface area contributed by atoms with Gasteiger partial charge in [0.1, 0.15) is 6.04 Å². The smallest absolute Gasteiger partial charge is 0.326 e. The van der Waals surface area contributed by atoms with E-state index in [1.54, 1.807) is 18.3 Å². The van der Waals surface area contributed by atoms with Gasteiger partial charge in [-0.05, 0) is 61.2 Å². The molecule has 2 aromatic heterocycles. The van der Waals surface area contributed by atoms with E-state index in [0.717, 1.165) is 36.4 Å². The van der Waals surface area contributed by atoms with Crippen LogP contribution in [0.2, 0.25) is 0 Å². The van der Waals surface area contributed by atoms with Crippen molar-refractivity contribution in [1.29, 1.82) is 0 Å². The summed E-state index contributed by atoms with van der Waals surface area (Å²) < 4.78 is 0. The van der Waals surface area contributed by atoms with Crippen LogP contribution in [0, 0.1) is 0 Å². The number of carboxylic acid groups (broad SMARTS) is 3. The van der Waals surface area contributed by atoms with Gasteiger partial charge in [-0.2, -0.15) is 9.97 Å². The first-order chi connectivity index (χ1) is 24.8. The van der Waals surface area contributed by atoms with E-state index in [0.29, 0.717) is 41.6 Å². The molecule has 0 aliphatic carbocycles. The van der Waals surface area contributed by atoms with Gasteiger partial charge in [0.05, 0.1) is 18.4 Å². The third-order valence-electron chi connectivity index (χ3n) is 7.59. The van der Waals surface area contributed by atoms with Crippen molar-refractivity contribution in [2.75, 3.05) is 53.2 Å². The zero-order valence-corrected chi connectivity index (χ0v) is 29.9. The summed E-state index contributed by atoms with van der Waals surface area (Å²) in [6, 6.07) is 13.3. The van der Waals surface area contributed by atoms with Crippen molar-refractivity contribution < 1.29 is 34.5 Å². The molecule has 1 amide bonds. The van der Waals surface area contributed by atoms with E-state index in [9.17, 15) is 24.3 Å². The van der Waals surface area contributed by atoms with Gasteiger partial charge in [0.25, 0.3) is 5.91 Å². The minimum Gasteiger partial charge on any atom is -0.481 e. The number of nitrogens with two attached hydrogens (primary N) is 2. The van der Waals surface area contributed by atoms with Crippen LogP contribution in [0.25, 0.3) is 11.2 Å². The van der Waals surface area contributed by atoms with Gasteiger partial charge in [-0.1, -0.05) is 12.1 Å². The second-order valence-corrected chi connectivity index (χ2v) is 12.2. The number of aromatic nitrogens is 4. The number of halogens is 2. The number of benzene rings is 2. The number of rotatable bonds is 18. The number of aryl methyl sites for hydroxylation is 1. The highest BCUT2D eigenvalue weighted by Gasteiger charge is 2.22. The molecule has 0 fully saturated rings. The second-order valence-electron chi connectivity index (χ2n) is 11.5. The summed E-state index contributed by atoms with van der Waals surface area (Å²) >= 11 is 11.5. The second kappa shape index (κ2) is 20.4. The molecule has 2 aromatic carbocycles. The maximum Gasteiger partial charge on any atom is 0.326 e. The van der Waals surface area contributed by atoms with Crippen LogP contribution in [-0.2, 0) is 27.3 Å². The van der Waals surface area contributed by atoms with Gasteiger partial charge in [0, 0.05) is 61.7 Å². The number of hydrogen-bond donors (Lipinski definition) is 6. The Balaban J connectivity index is 0.000000326. The SMILES string of the molecule is CN(Cc1cnc2nc(N)nc(N)c2n1)c1ccc(C(=O)N[C@@H](CCC(=O)O)C(=O)O)cc1.O=C(O)CCCc1ccc(N(CCCl)CCCl)cc1. The molecule has 0 saturated carbocycles. The van der Waals surface area contributed by atoms with E-state index in [-0.39, 0.29) is 36.6 Å². The standard InChI is InChI=1S/C20H22N8O5.C14H19Cl2NO2/c1-28(9-11-8-23-17-15(24-11)16(21)26-20(22)27-17)12-4-2-10(3-5-12)18(31)25-13(19(32)33)6-7-14(29)30;15-8-10-17(11-9-16)13-6-4-12(5-7-13)2-1-3-14(18)19/h2-5,8,13H,6-7,9H2,1H3,(H,25,31)(H,29,30)(H,32,33)(H4,21,22,23,26,27);4-7H,1-3,8-11H2,(H,18,19)/t13-;/m0./s1. The van der Waals surface area contributed by atoms with Crippen LogP contribution in [0.3, 0.4) is 0 Å². The Kier molecular flexibility index (Phi) is 16.1. The highest BCUT2D eigenvalue weighted by Crippen LogP contribution is 2.20. The number of carbonyl (C=O) groups is 4. The Hall–Kier alpha value is -5.48. The number of fused-ring (bicyclic) bond motifs is 1. The predicted molar refractivity (Wildman–Crippen MR) is 199 cm³/mol. The highest BCUT2D eigenvalue weighted by molar-refractivity contribution is 6.18. The first-order valence-corrected chi connectivity index (χ1v) is 17.2. The molecule has 278 valence electrons. The Morgan fingerprint density at radius 1 is 0.846 bits per heavy atom. The van der Waals surface area contributed by atoms with Crippen LogP contribution in [0.1, 0.15) is 47.3 Å². The molecule has 0 saturated heterocycles. The first kappa shape index (κ1) is 40.9. The summed E-state index contributed by atoms with van der Waals surface area (Å²) in [6.07, 6.45) is 2.64. The first-order valence-electron chi connectivity index (χ1n) is 16.1. The fourth-order valence-electron chi connectivity index (χ4n) is 4.92. The molecule has 2 heterocycles. The van der Waals surface area contributed by atoms with Crippen molar-refractivity contribution in [3.63, 3.8) is 0 Å². The normalized spacial score (nSPS) is 11.2. The average Bonchev–Trinajstić information content (AvgIpc) is 3.10. The van der Waals surface area contributed by atoms with Gasteiger partial charge in [-0.3, -0.25) is 14.4 Å². The average molecular weight is 759 g/mol. The van der Waals surface area contributed by atoms with E-state index in [1.807, 2.05) is 36.2 Å². The molecule has 1 atom stereocenters. The van der Waals surface area contributed by atoms with E-state index in [4.69, 9.17) is 44.9 Å². The van der Waals surface area contributed by atoms with Gasteiger partial charge >= 0.3 is 17.9 Å². The zero-order chi connectivity index (χ0) is 38.2. The van der Waals surface area contributed by atoms with Crippen molar-refractivity contribution in [2.45, 2.75) is 44.7 Å². The number of hydrogen-bond acceptors (Lipinski definition) is 12. The molecule has 52 heavy (non-hydrogen) atoms. The van der Waals surface area contributed by atoms with E-state index >= 15 is 0 Å². The Morgan fingerprint density at radius 3 is 2.04 bits per heavy atom. The Morgan fingerprint density at radius 2 is 1.46 bits per heavy atom. The highest BCUT2D eigenvalue weighted by atomic mass is 35.5. The number of alkyl halides is 2. The molecule has 0 bridgehead atoms. The molecule has 0 radical (unpaired) electrons. The molecule has 0 aliphatic rings. The fraction of sp³-hybridized carbons (Fsp3) is 0.353. The minimum absolute atomic E-state index is 0.0138. The number of aliphatic carboxylic acids is 3. The summed E-state index contributed by atoms with van der Waals surface area (Å²) in [6.45, 7) is 1.91. The summed E-state index contributed by atoms with van der Waals surface area (Å²) in [4.78, 5) is 65.3. The maximum atomic E-state index is 12.4. The lowest BCUT2D eigenvalue weighted by Gasteiger charge is -2.23. The van der Waals surface area contributed by atoms with Crippen molar-refractivity contribution >= 4 is 81.3 Å². The molecular formula is C34H41Cl2N9O7. The molecule has 8 N–H and O–H groups in total. The van der Waals surface area contributed by atoms with Crippen LogP contribution in [-0.4, -0.2) is 97.0 Å². The van der Waals surface area contributed by atoms with Crippen molar-refractivity contribution in [3.05, 3.63) is 71.5 Å². The summed E-state index contributed by atoms with van der Waals surface area (Å²) in [5.41, 5.74) is 15.9. The number of carboxylic acids is 3. The van der Waals surface area contributed by atoms with Crippen LogP contribution >= 0.6 is 23.2 Å². The summed E-state index contributed by atoms with van der Waals surface area (Å²) in [7, 11) is 1.82. The van der Waals surface area contributed by atoms with Gasteiger partial charge in [-0.25, -0.2) is 14.8 Å². The Labute approximate surface area is 309 Å². The van der Waals surface area contributed by atoms with Crippen molar-refractivity contribution in [2.24, 2.45) is 0 Å². The van der Waals surface area contributed by atoms with Gasteiger partial charge in [0.15, 0.2) is 17.0 Å². The van der Waals surface area contributed by atoms with Crippen molar-refractivity contribution in [1.82, 2.24) is 25.3 Å². The monoisotopic (exact) mass is 757 g/mol. The zero-order valence-electron chi connectivity index (χ0n) is 28.4. The molecule has 4 rings (SSSR count). The van der Waals surface area contributed by atoms with Crippen molar-refractivity contribution in [3.8, 4) is 0 Å². The number of nitrogen functional groups attached to an aromatic ring is 2. The lowest BCUT2D eigenvalue weighted by Crippen LogP contribution is -2.41. The molecule has 18 heteroatoms. The van der Waals surface area contributed by atoms with Crippen LogP contribution in [0.15, 0.2) is 54.7 Å². The van der Waals surface area contributed by atoms with E-state index < -0.39 is 29.9 Å². The maximum absolute atomic E-state index is 12.4. The minimum atomic E-state index is -1.30.